The molecule has 1 N–H and O–H groups in total. The summed E-state index contributed by atoms with van der Waals surface area (Å²) in [6.07, 6.45) is -0.0265. The Labute approximate surface area is 137 Å². The van der Waals surface area contributed by atoms with Crippen molar-refractivity contribution in [2.75, 3.05) is 13.6 Å². The number of ether oxygens (including phenoxy) is 1. The van der Waals surface area contributed by atoms with E-state index in [4.69, 9.17) is 4.74 Å². The first-order chi connectivity index (χ1) is 9.66. The third kappa shape index (κ3) is 5.24. The molecule has 0 spiro atoms. The lowest BCUT2D eigenvalue weighted by Gasteiger charge is -2.49. The standard InChI is InChI=1S/C18H37NO3/c1-11-19(10)15(21)18(8,9)17(6,7)12-14(16(3,4)5)22-13(2)20/h14-15,21H,11-12H2,1-10H3. The summed E-state index contributed by atoms with van der Waals surface area (Å²) in [7, 11) is 1.93. The van der Waals surface area contributed by atoms with E-state index >= 15 is 0 Å². The Hall–Kier alpha value is -0.610. The average molecular weight is 315 g/mol. The van der Waals surface area contributed by atoms with Crippen LogP contribution in [0.1, 0.15) is 68.7 Å². The van der Waals surface area contributed by atoms with Gasteiger partial charge in [0.15, 0.2) is 0 Å². The van der Waals surface area contributed by atoms with Crippen molar-refractivity contribution in [1.82, 2.24) is 4.90 Å². The van der Waals surface area contributed by atoms with E-state index in [0.29, 0.717) is 6.42 Å². The van der Waals surface area contributed by atoms with E-state index < -0.39 is 6.23 Å². The summed E-state index contributed by atoms with van der Waals surface area (Å²) in [5.74, 6) is -0.250. The predicted octanol–water partition coefficient (Wildman–Crippen LogP) is 3.68. The second kappa shape index (κ2) is 7.31. The molecule has 0 rings (SSSR count). The molecular formula is C18H37NO3. The second-order valence-corrected chi connectivity index (χ2v) is 8.72. The Morgan fingerprint density at radius 1 is 1.14 bits per heavy atom. The van der Waals surface area contributed by atoms with Gasteiger partial charge in [0.05, 0.1) is 0 Å². The largest absolute Gasteiger partial charge is 0.462 e. The second-order valence-electron chi connectivity index (χ2n) is 8.72. The fourth-order valence-electron chi connectivity index (χ4n) is 2.52. The molecule has 0 aliphatic heterocycles. The highest BCUT2D eigenvalue weighted by atomic mass is 16.5. The van der Waals surface area contributed by atoms with E-state index in [1.54, 1.807) is 0 Å². The fourth-order valence-corrected chi connectivity index (χ4v) is 2.52. The molecule has 0 aromatic heterocycles. The Balaban J connectivity index is 5.38. The highest BCUT2D eigenvalue weighted by Gasteiger charge is 2.47. The molecule has 0 fully saturated rings. The molecule has 22 heavy (non-hydrogen) atoms. The van der Waals surface area contributed by atoms with Gasteiger partial charge in [-0.2, -0.15) is 0 Å². The zero-order valence-electron chi connectivity index (χ0n) is 16.3. The van der Waals surface area contributed by atoms with Crippen LogP contribution in [0.15, 0.2) is 0 Å². The average Bonchev–Trinajstić information content (AvgIpc) is 2.33. The predicted molar refractivity (Wildman–Crippen MR) is 91.5 cm³/mol. The van der Waals surface area contributed by atoms with E-state index in [9.17, 15) is 9.90 Å². The lowest BCUT2D eigenvalue weighted by atomic mass is 9.62. The van der Waals surface area contributed by atoms with E-state index in [1.165, 1.54) is 6.92 Å². The molecule has 0 radical (unpaired) electrons. The zero-order chi connectivity index (χ0) is 17.9. The molecule has 0 aliphatic carbocycles. The molecule has 0 heterocycles. The number of carbonyl (C=O) groups excluding carboxylic acids is 1. The number of esters is 1. The van der Waals surface area contributed by atoms with Crippen LogP contribution in [0, 0.1) is 16.2 Å². The van der Waals surface area contributed by atoms with Crippen molar-refractivity contribution < 1.29 is 14.6 Å². The first-order valence-corrected chi connectivity index (χ1v) is 8.22. The Morgan fingerprint density at radius 3 is 1.91 bits per heavy atom. The van der Waals surface area contributed by atoms with Crippen molar-refractivity contribution >= 4 is 5.97 Å². The number of nitrogens with zero attached hydrogens (tertiary/aromatic N) is 1. The maximum absolute atomic E-state index is 11.4. The Kier molecular flexibility index (Phi) is 7.10. The van der Waals surface area contributed by atoms with Crippen LogP contribution in [0.25, 0.3) is 0 Å². The Morgan fingerprint density at radius 2 is 1.59 bits per heavy atom. The fraction of sp³-hybridized carbons (Fsp3) is 0.944. The van der Waals surface area contributed by atoms with Gasteiger partial charge in [0.25, 0.3) is 0 Å². The third-order valence-corrected chi connectivity index (χ3v) is 5.28. The third-order valence-electron chi connectivity index (χ3n) is 5.28. The van der Waals surface area contributed by atoms with Crippen LogP contribution >= 0.6 is 0 Å². The zero-order valence-corrected chi connectivity index (χ0v) is 16.3. The van der Waals surface area contributed by atoms with Crippen LogP contribution < -0.4 is 0 Å². The van der Waals surface area contributed by atoms with E-state index in [-0.39, 0.29) is 28.3 Å². The van der Waals surface area contributed by atoms with Crippen molar-refractivity contribution in [2.45, 2.75) is 81.1 Å². The summed E-state index contributed by atoms with van der Waals surface area (Å²) in [5.41, 5.74) is -0.689. The molecule has 0 saturated heterocycles. The number of carbonyl (C=O) groups is 1. The highest BCUT2D eigenvalue weighted by Crippen LogP contribution is 2.47. The van der Waals surface area contributed by atoms with Gasteiger partial charge in [0, 0.05) is 12.3 Å². The molecule has 0 amide bonds. The van der Waals surface area contributed by atoms with Gasteiger partial charge < -0.3 is 9.84 Å². The number of aliphatic hydroxyl groups excluding tert-OH is 1. The summed E-state index contributed by atoms with van der Waals surface area (Å²) in [6, 6.07) is 0. The molecule has 0 aromatic carbocycles. The summed E-state index contributed by atoms with van der Waals surface area (Å²) in [4.78, 5) is 13.4. The quantitative estimate of drug-likeness (QED) is 0.575. The van der Waals surface area contributed by atoms with Gasteiger partial charge in [-0.25, -0.2) is 0 Å². The lowest BCUT2D eigenvalue weighted by molar-refractivity contribution is -0.162. The van der Waals surface area contributed by atoms with Crippen molar-refractivity contribution in [2.24, 2.45) is 16.2 Å². The number of hydrogen-bond acceptors (Lipinski definition) is 4. The van der Waals surface area contributed by atoms with Gasteiger partial charge in [-0.3, -0.25) is 9.69 Å². The van der Waals surface area contributed by atoms with Gasteiger partial charge in [0.2, 0.25) is 0 Å². The van der Waals surface area contributed by atoms with Crippen LogP contribution in [0.5, 0.6) is 0 Å². The number of rotatable bonds is 7. The Bertz CT molecular complexity index is 369. The lowest BCUT2D eigenvalue weighted by Crippen LogP contribution is -2.52. The number of hydrogen-bond donors (Lipinski definition) is 1. The van der Waals surface area contributed by atoms with E-state index in [1.807, 2.05) is 18.9 Å². The van der Waals surface area contributed by atoms with Crippen molar-refractivity contribution in [3.8, 4) is 0 Å². The van der Waals surface area contributed by atoms with Crippen molar-refractivity contribution in [3.05, 3.63) is 0 Å². The minimum atomic E-state index is -0.551. The van der Waals surface area contributed by atoms with Gasteiger partial charge in [-0.05, 0) is 30.8 Å². The summed E-state index contributed by atoms with van der Waals surface area (Å²) >= 11 is 0. The molecule has 4 nitrogen and oxygen atoms in total. The van der Waals surface area contributed by atoms with Crippen LogP contribution in [0.2, 0.25) is 0 Å². The minimum absolute atomic E-state index is 0.138. The maximum Gasteiger partial charge on any atom is 0.302 e. The van der Waals surface area contributed by atoms with Crippen LogP contribution in [-0.2, 0) is 9.53 Å². The minimum Gasteiger partial charge on any atom is -0.462 e. The van der Waals surface area contributed by atoms with Crippen LogP contribution in [0.3, 0.4) is 0 Å². The van der Waals surface area contributed by atoms with Gasteiger partial charge >= 0.3 is 5.97 Å². The summed E-state index contributed by atoms with van der Waals surface area (Å²) < 4.78 is 5.58. The number of aliphatic hydroxyl groups is 1. The van der Waals surface area contributed by atoms with Crippen molar-refractivity contribution in [1.29, 1.82) is 0 Å². The molecule has 0 saturated carbocycles. The molecule has 0 aromatic rings. The summed E-state index contributed by atoms with van der Waals surface area (Å²) in [5, 5.41) is 10.7. The van der Waals surface area contributed by atoms with Gasteiger partial charge in [-0.15, -0.1) is 0 Å². The van der Waals surface area contributed by atoms with Crippen molar-refractivity contribution in [3.63, 3.8) is 0 Å². The van der Waals surface area contributed by atoms with E-state index in [0.717, 1.165) is 6.54 Å². The molecule has 132 valence electrons. The first-order valence-electron chi connectivity index (χ1n) is 8.22. The molecule has 4 heteroatoms. The van der Waals surface area contributed by atoms with E-state index in [2.05, 4.69) is 48.5 Å². The normalized spacial score (nSPS) is 16.5. The first kappa shape index (κ1) is 21.4. The van der Waals surface area contributed by atoms with Gasteiger partial charge in [-0.1, -0.05) is 55.4 Å². The van der Waals surface area contributed by atoms with Crippen LogP contribution in [-0.4, -0.2) is 41.9 Å². The highest BCUT2D eigenvalue weighted by molar-refractivity contribution is 5.66. The smallest absolute Gasteiger partial charge is 0.302 e. The molecule has 0 aliphatic rings. The van der Waals surface area contributed by atoms with Crippen LogP contribution in [0.4, 0.5) is 0 Å². The van der Waals surface area contributed by atoms with Gasteiger partial charge in [0.1, 0.15) is 12.3 Å². The maximum atomic E-state index is 11.4. The topological polar surface area (TPSA) is 49.8 Å². The molecule has 2 atom stereocenters. The molecule has 0 bridgehead atoms. The summed E-state index contributed by atoms with van der Waals surface area (Å²) in [6.45, 7) is 19.0. The SMILES string of the molecule is CCN(C)C(O)C(C)(C)C(C)(C)CC(OC(C)=O)C(C)(C)C. The monoisotopic (exact) mass is 315 g/mol. The molecule has 2 unspecified atom stereocenters. The molecular weight excluding hydrogens is 278 g/mol.